The van der Waals surface area contributed by atoms with Crippen molar-refractivity contribution in [1.82, 2.24) is 14.9 Å². The molecule has 0 aliphatic rings. The van der Waals surface area contributed by atoms with Gasteiger partial charge in [-0.1, -0.05) is 0 Å². The predicted octanol–water partition coefficient (Wildman–Crippen LogP) is 3.63. The fraction of sp³-hybridized carbons (Fsp3) is 0.286. The number of amides is 2. The van der Waals surface area contributed by atoms with E-state index < -0.39 is 5.91 Å². The molecule has 1 aromatic carbocycles. The number of carbonyl (C=O) groups is 2. The van der Waals surface area contributed by atoms with Crippen LogP contribution < -0.4 is 14.8 Å². The zero-order valence-corrected chi connectivity index (χ0v) is 18.3. The molecule has 0 fully saturated rings. The van der Waals surface area contributed by atoms with E-state index in [1.165, 1.54) is 20.4 Å². The number of hydrogen-bond acceptors (Lipinski definition) is 6. The third-order valence-corrected chi connectivity index (χ3v) is 5.62. The van der Waals surface area contributed by atoms with E-state index in [0.29, 0.717) is 40.8 Å². The summed E-state index contributed by atoms with van der Waals surface area (Å²) >= 11 is 1.61. The van der Waals surface area contributed by atoms with Gasteiger partial charge in [0.05, 0.1) is 32.6 Å². The van der Waals surface area contributed by atoms with Gasteiger partial charge in [-0.15, -0.1) is 11.3 Å². The number of aryl methyl sites for hydroxylation is 2. The molecule has 2 N–H and O–H groups in total. The van der Waals surface area contributed by atoms with Crippen molar-refractivity contribution in [1.29, 1.82) is 0 Å². The number of H-pyrrole nitrogens is 1. The molecule has 9 heteroatoms. The van der Waals surface area contributed by atoms with Crippen molar-refractivity contribution in [3.05, 3.63) is 57.3 Å². The SMILES string of the molecule is COc1cc(C(=O)N(C)Cc2sccc2C)cc(NC(=O)c2cnc(C)[nH]2)c1OC. The van der Waals surface area contributed by atoms with Crippen LogP contribution in [-0.2, 0) is 6.54 Å². The first-order chi connectivity index (χ1) is 14.3. The molecular formula is C21H24N4O4S. The molecule has 0 bridgehead atoms. The Labute approximate surface area is 178 Å². The van der Waals surface area contributed by atoms with Crippen LogP contribution >= 0.6 is 11.3 Å². The molecule has 2 heterocycles. The monoisotopic (exact) mass is 428 g/mol. The van der Waals surface area contributed by atoms with Crippen LogP contribution in [0.3, 0.4) is 0 Å². The number of hydrogen-bond donors (Lipinski definition) is 2. The highest BCUT2D eigenvalue weighted by Gasteiger charge is 2.21. The molecule has 3 aromatic rings. The number of aromatic amines is 1. The summed E-state index contributed by atoms with van der Waals surface area (Å²) in [6, 6.07) is 5.22. The Morgan fingerprint density at radius 2 is 2.00 bits per heavy atom. The predicted molar refractivity (Wildman–Crippen MR) is 116 cm³/mol. The number of imidazole rings is 1. The van der Waals surface area contributed by atoms with Crippen LogP contribution in [0.2, 0.25) is 0 Å². The van der Waals surface area contributed by atoms with E-state index in [4.69, 9.17) is 9.47 Å². The van der Waals surface area contributed by atoms with Gasteiger partial charge in [0.15, 0.2) is 11.5 Å². The highest BCUT2D eigenvalue weighted by Crippen LogP contribution is 2.37. The quantitative estimate of drug-likeness (QED) is 0.599. The molecule has 158 valence electrons. The lowest BCUT2D eigenvalue weighted by molar-refractivity contribution is 0.0785. The number of thiophene rings is 1. The van der Waals surface area contributed by atoms with Crippen molar-refractivity contribution >= 4 is 28.8 Å². The van der Waals surface area contributed by atoms with Gasteiger partial charge in [0, 0.05) is 17.5 Å². The molecule has 0 radical (unpaired) electrons. The zero-order chi connectivity index (χ0) is 21.8. The number of carbonyl (C=O) groups excluding carboxylic acids is 2. The van der Waals surface area contributed by atoms with E-state index in [1.54, 1.807) is 42.3 Å². The molecule has 2 amide bonds. The van der Waals surface area contributed by atoms with Gasteiger partial charge in [-0.25, -0.2) is 4.98 Å². The molecule has 0 saturated heterocycles. The average molecular weight is 429 g/mol. The fourth-order valence-electron chi connectivity index (χ4n) is 2.98. The maximum atomic E-state index is 13.1. The van der Waals surface area contributed by atoms with E-state index in [-0.39, 0.29) is 5.91 Å². The number of methoxy groups -OCH3 is 2. The number of benzene rings is 1. The first-order valence-corrected chi connectivity index (χ1v) is 10.1. The van der Waals surface area contributed by atoms with Gasteiger partial charge in [-0.05, 0) is 43.0 Å². The molecule has 0 atom stereocenters. The number of rotatable bonds is 7. The standard InChI is InChI=1S/C21H24N4O4S/c1-12-6-7-30-18(12)11-25(3)21(27)14-8-15(19(29-5)17(9-14)28-4)24-20(26)16-10-22-13(2)23-16/h6-10H,11H2,1-5H3,(H,22,23)(H,24,26). The number of ether oxygens (including phenoxy) is 2. The Bertz CT molecular complexity index is 1070. The summed E-state index contributed by atoms with van der Waals surface area (Å²) in [7, 11) is 4.69. The van der Waals surface area contributed by atoms with Gasteiger partial charge in [0.1, 0.15) is 11.5 Å². The maximum absolute atomic E-state index is 13.1. The highest BCUT2D eigenvalue weighted by atomic mass is 32.1. The van der Waals surface area contributed by atoms with Crippen LogP contribution in [0.4, 0.5) is 5.69 Å². The molecule has 0 unspecified atom stereocenters. The molecule has 3 rings (SSSR count). The molecule has 0 aliphatic heterocycles. The third kappa shape index (κ3) is 4.46. The lowest BCUT2D eigenvalue weighted by atomic mass is 10.1. The zero-order valence-electron chi connectivity index (χ0n) is 17.5. The summed E-state index contributed by atoms with van der Waals surface area (Å²) in [5, 5.41) is 4.77. The second-order valence-electron chi connectivity index (χ2n) is 6.78. The van der Waals surface area contributed by atoms with Gasteiger partial charge in [0.25, 0.3) is 11.8 Å². The van der Waals surface area contributed by atoms with Gasteiger partial charge in [-0.3, -0.25) is 9.59 Å². The second-order valence-corrected chi connectivity index (χ2v) is 7.78. The number of aromatic nitrogens is 2. The average Bonchev–Trinajstić information content (AvgIpc) is 3.34. The van der Waals surface area contributed by atoms with Gasteiger partial charge >= 0.3 is 0 Å². The lowest BCUT2D eigenvalue weighted by Crippen LogP contribution is -2.26. The van der Waals surface area contributed by atoms with Gasteiger partial charge in [-0.2, -0.15) is 0 Å². The van der Waals surface area contributed by atoms with Crippen molar-refractivity contribution in [2.24, 2.45) is 0 Å². The van der Waals surface area contributed by atoms with Crippen molar-refractivity contribution in [2.75, 3.05) is 26.6 Å². The van der Waals surface area contributed by atoms with Crippen LogP contribution in [0.25, 0.3) is 0 Å². The lowest BCUT2D eigenvalue weighted by Gasteiger charge is -2.20. The Balaban J connectivity index is 1.91. The minimum Gasteiger partial charge on any atom is -0.493 e. The fourth-order valence-corrected chi connectivity index (χ4v) is 3.94. The molecule has 30 heavy (non-hydrogen) atoms. The van der Waals surface area contributed by atoms with Gasteiger partial charge in [0.2, 0.25) is 0 Å². The van der Waals surface area contributed by atoms with Crippen LogP contribution in [0.15, 0.2) is 29.8 Å². The minimum atomic E-state index is -0.400. The Hall–Kier alpha value is -3.33. The molecular weight excluding hydrogens is 404 g/mol. The Morgan fingerprint density at radius 3 is 2.57 bits per heavy atom. The number of nitrogens with zero attached hydrogens (tertiary/aromatic N) is 2. The molecule has 0 aliphatic carbocycles. The molecule has 0 saturated carbocycles. The Morgan fingerprint density at radius 1 is 1.23 bits per heavy atom. The summed E-state index contributed by atoms with van der Waals surface area (Å²) in [5.74, 6) is 0.703. The second kappa shape index (κ2) is 9.00. The minimum absolute atomic E-state index is 0.198. The van der Waals surface area contributed by atoms with Crippen molar-refractivity contribution < 1.29 is 19.1 Å². The molecule has 8 nitrogen and oxygen atoms in total. The van der Waals surface area contributed by atoms with Crippen molar-refractivity contribution in [3.8, 4) is 11.5 Å². The first kappa shape index (κ1) is 21.4. The van der Waals surface area contributed by atoms with Crippen molar-refractivity contribution in [3.63, 3.8) is 0 Å². The molecule has 0 spiro atoms. The summed E-state index contributed by atoms with van der Waals surface area (Å²) in [6.07, 6.45) is 1.44. The Kier molecular flexibility index (Phi) is 6.41. The first-order valence-electron chi connectivity index (χ1n) is 9.21. The van der Waals surface area contributed by atoms with Crippen LogP contribution in [0.5, 0.6) is 11.5 Å². The summed E-state index contributed by atoms with van der Waals surface area (Å²) < 4.78 is 10.8. The summed E-state index contributed by atoms with van der Waals surface area (Å²) in [4.78, 5) is 35.3. The van der Waals surface area contributed by atoms with Gasteiger partial charge < -0.3 is 24.7 Å². The largest absolute Gasteiger partial charge is 0.493 e. The number of nitrogens with one attached hydrogen (secondary N) is 2. The van der Waals surface area contributed by atoms with E-state index >= 15 is 0 Å². The maximum Gasteiger partial charge on any atom is 0.273 e. The van der Waals surface area contributed by atoms with E-state index in [0.717, 1.165) is 10.4 Å². The van der Waals surface area contributed by atoms with E-state index in [9.17, 15) is 9.59 Å². The van der Waals surface area contributed by atoms with Crippen LogP contribution in [0.1, 0.15) is 37.1 Å². The highest BCUT2D eigenvalue weighted by molar-refractivity contribution is 7.10. The van der Waals surface area contributed by atoms with E-state index in [2.05, 4.69) is 15.3 Å². The number of anilines is 1. The summed E-state index contributed by atoms with van der Waals surface area (Å²) in [6.45, 7) is 4.27. The van der Waals surface area contributed by atoms with Crippen molar-refractivity contribution in [2.45, 2.75) is 20.4 Å². The molecule has 2 aromatic heterocycles. The van der Waals surface area contributed by atoms with Crippen LogP contribution in [-0.4, -0.2) is 47.9 Å². The van der Waals surface area contributed by atoms with Crippen LogP contribution in [0, 0.1) is 13.8 Å². The normalized spacial score (nSPS) is 10.6. The topological polar surface area (TPSA) is 96.5 Å². The van der Waals surface area contributed by atoms with E-state index in [1.807, 2.05) is 18.4 Å². The summed E-state index contributed by atoms with van der Waals surface area (Å²) in [5.41, 5.74) is 2.16. The smallest absolute Gasteiger partial charge is 0.273 e. The third-order valence-electron chi connectivity index (χ3n) is 4.62.